The number of ether oxygens (including phenoxy) is 1. The number of rotatable bonds is 17. The second-order valence-electron chi connectivity index (χ2n) is 8.55. The first-order valence-corrected chi connectivity index (χ1v) is 11.7. The fraction of sp³-hybridized carbons (Fsp3) is 0.957. The Kier molecular flexibility index (Phi) is 14.7. The van der Waals surface area contributed by atoms with Crippen LogP contribution in [0.2, 0.25) is 0 Å². The summed E-state index contributed by atoms with van der Waals surface area (Å²) in [6.45, 7) is 1.57. The molecule has 1 unspecified atom stereocenters. The summed E-state index contributed by atoms with van der Waals surface area (Å²) in [5, 5.41) is 28.2. The molecule has 0 bridgehead atoms. The molecule has 1 rings (SSSR count). The number of aliphatic hydroxyl groups excluding tert-OH is 3. The summed E-state index contributed by atoms with van der Waals surface area (Å²) in [6.07, 6.45) is 15.9. The Morgan fingerprint density at radius 1 is 0.893 bits per heavy atom. The Morgan fingerprint density at radius 2 is 1.50 bits per heavy atom. The zero-order valence-corrected chi connectivity index (χ0v) is 18.0. The normalized spacial score (nSPS) is 22.1. The number of esters is 1. The highest BCUT2D eigenvalue weighted by atomic mass is 16.6. The lowest BCUT2D eigenvalue weighted by Crippen LogP contribution is -2.25. The molecule has 0 aliphatic heterocycles. The average molecular weight is 401 g/mol. The van der Waals surface area contributed by atoms with Gasteiger partial charge in [-0.25, -0.2) is 0 Å². The van der Waals surface area contributed by atoms with Crippen LogP contribution in [0.5, 0.6) is 0 Å². The van der Waals surface area contributed by atoms with Crippen molar-refractivity contribution in [2.45, 2.75) is 115 Å². The Morgan fingerprint density at radius 3 is 2.18 bits per heavy atom. The molecule has 0 saturated heterocycles. The lowest BCUT2D eigenvalue weighted by Gasteiger charge is -2.22. The molecule has 5 heteroatoms. The topological polar surface area (TPSA) is 87.0 Å². The molecule has 5 nitrogen and oxygen atoms in total. The lowest BCUT2D eigenvalue weighted by molar-refractivity contribution is -0.153. The first kappa shape index (κ1) is 25.4. The van der Waals surface area contributed by atoms with Crippen LogP contribution < -0.4 is 0 Å². The molecule has 1 aliphatic carbocycles. The van der Waals surface area contributed by atoms with Crippen LogP contribution in [0.3, 0.4) is 0 Å². The van der Waals surface area contributed by atoms with E-state index in [2.05, 4.69) is 6.92 Å². The van der Waals surface area contributed by atoms with Gasteiger partial charge in [0.05, 0.1) is 19.3 Å². The molecule has 0 heterocycles. The quantitative estimate of drug-likeness (QED) is 0.249. The first-order chi connectivity index (χ1) is 13.6. The average Bonchev–Trinajstić information content (AvgIpc) is 3.05. The minimum Gasteiger partial charge on any atom is -0.457 e. The second kappa shape index (κ2) is 16.2. The van der Waals surface area contributed by atoms with Crippen molar-refractivity contribution in [1.82, 2.24) is 0 Å². The van der Waals surface area contributed by atoms with Crippen LogP contribution in [0.1, 0.15) is 103 Å². The molecule has 1 aliphatic rings. The molecule has 3 atom stereocenters. The molecule has 28 heavy (non-hydrogen) atoms. The van der Waals surface area contributed by atoms with Gasteiger partial charge in [0.25, 0.3) is 0 Å². The maximum absolute atomic E-state index is 11.6. The van der Waals surface area contributed by atoms with E-state index in [1.807, 2.05) is 0 Å². The number of unbranched alkanes of at least 4 members (excludes halogenated alkanes) is 8. The van der Waals surface area contributed by atoms with Crippen molar-refractivity contribution in [2.24, 2.45) is 11.8 Å². The minimum absolute atomic E-state index is 0.117. The fourth-order valence-corrected chi connectivity index (χ4v) is 4.48. The smallest absolute Gasteiger partial charge is 0.306 e. The van der Waals surface area contributed by atoms with Crippen LogP contribution in [0, 0.1) is 11.8 Å². The van der Waals surface area contributed by atoms with Crippen LogP contribution in [0.4, 0.5) is 0 Å². The van der Waals surface area contributed by atoms with Gasteiger partial charge in [0, 0.05) is 6.42 Å². The molecule has 166 valence electrons. The maximum atomic E-state index is 11.6. The van der Waals surface area contributed by atoms with Gasteiger partial charge in [-0.3, -0.25) is 4.79 Å². The van der Waals surface area contributed by atoms with Crippen molar-refractivity contribution in [1.29, 1.82) is 0 Å². The number of carbonyl (C=O) groups is 1. The van der Waals surface area contributed by atoms with Crippen molar-refractivity contribution in [2.75, 3.05) is 13.2 Å². The first-order valence-electron chi connectivity index (χ1n) is 11.7. The molecule has 0 spiro atoms. The van der Waals surface area contributed by atoms with Crippen LogP contribution in [-0.2, 0) is 9.53 Å². The van der Waals surface area contributed by atoms with Crippen molar-refractivity contribution in [3.05, 3.63) is 0 Å². The van der Waals surface area contributed by atoms with Gasteiger partial charge in [0.2, 0.25) is 0 Å². The zero-order valence-electron chi connectivity index (χ0n) is 18.0. The van der Waals surface area contributed by atoms with E-state index < -0.39 is 6.10 Å². The van der Waals surface area contributed by atoms with Crippen LogP contribution in [-0.4, -0.2) is 46.7 Å². The predicted molar refractivity (Wildman–Crippen MR) is 112 cm³/mol. The number of aliphatic hydroxyl groups is 3. The molecule has 0 aromatic carbocycles. The van der Waals surface area contributed by atoms with E-state index in [1.54, 1.807) is 0 Å². The van der Waals surface area contributed by atoms with E-state index in [9.17, 15) is 9.90 Å². The molecule has 0 amide bonds. The Labute approximate surface area is 171 Å². The predicted octanol–water partition coefficient (Wildman–Crippen LogP) is 4.36. The molecule has 0 aromatic rings. The van der Waals surface area contributed by atoms with E-state index in [0.29, 0.717) is 18.3 Å². The van der Waals surface area contributed by atoms with Crippen molar-refractivity contribution in [3.8, 4) is 0 Å². The molecule has 1 fully saturated rings. The SMILES string of the molecule is CCCCCCCCC1CC[C@H](O)[C@@H]1CCCCCCC(=O)OC(CO)CO. The van der Waals surface area contributed by atoms with E-state index >= 15 is 0 Å². The molecule has 3 N–H and O–H groups in total. The molecule has 1 saturated carbocycles. The summed E-state index contributed by atoms with van der Waals surface area (Å²) in [5.74, 6) is 0.818. The van der Waals surface area contributed by atoms with E-state index in [1.165, 1.54) is 51.4 Å². The van der Waals surface area contributed by atoms with Gasteiger partial charge < -0.3 is 20.1 Å². The molecule has 0 radical (unpaired) electrons. The van der Waals surface area contributed by atoms with Gasteiger partial charge in [0.1, 0.15) is 6.10 Å². The van der Waals surface area contributed by atoms with Crippen molar-refractivity contribution < 1.29 is 24.9 Å². The summed E-state index contributed by atoms with van der Waals surface area (Å²) in [6, 6.07) is 0. The zero-order chi connectivity index (χ0) is 20.6. The Hall–Kier alpha value is -0.650. The number of carbonyl (C=O) groups excluding carboxylic acids is 1. The van der Waals surface area contributed by atoms with E-state index in [0.717, 1.165) is 38.5 Å². The highest BCUT2D eigenvalue weighted by Gasteiger charge is 2.33. The summed E-state index contributed by atoms with van der Waals surface area (Å²) in [4.78, 5) is 11.6. The minimum atomic E-state index is -0.792. The highest BCUT2D eigenvalue weighted by molar-refractivity contribution is 5.69. The molecule has 0 aromatic heterocycles. The monoisotopic (exact) mass is 400 g/mol. The second-order valence-corrected chi connectivity index (χ2v) is 8.55. The van der Waals surface area contributed by atoms with Gasteiger partial charge >= 0.3 is 5.97 Å². The van der Waals surface area contributed by atoms with Gasteiger partial charge in [0.15, 0.2) is 0 Å². The molecular formula is C23H44O5. The summed E-state index contributed by atoms with van der Waals surface area (Å²) in [7, 11) is 0. The van der Waals surface area contributed by atoms with Crippen LogP contribution >= 0.6 is 0 Å². The van der Waals surface area contributed by atoms with Crippen molar-refractivity contribution in [3.63, 3.8) is 0 Å². The number of hydrogen-bond acceptors (Lipinski definition) is 5. The lowest BCUT2D eigenvalue weighted by atomic mass is 9.85. The van der Waals surface area contributed by atoms with Crippen LogP contribution in [0.25, 0.3) is 0 Å². The summed E-state index contributed by atoms with van der Waals surface area (Å²) in [5.41, 5.74) is 0. The van der Waals surface area contributed by atoms with Crippen molar-refractivity contribution >= 4 is 5.97 Å². The van der Waals surface area contributed by atoms with Crippen LogP contribution in [0.15, 0.2) is 0 Å². The maximum Gasteiger partial charge on any atom is 0.306 e. The van der Waals surface area contributed by atoms with Gasteiger partial charge in [-0.15, -0.1) is 0 Å². The third-order valence-electron chi connectivity index (χ3n) is 6.24. The molecular weight excluding hydrogens is 356 g/mol. The Balaban J connectivity index is 2.09. The van der Waals surface area contributed by atoms with E-state index in [4.69, 9.17) is 14.9 Å². The van der Waals surface area contributed by atoms with Gasteiger partial charge in [-0.1, -0.05) is 71.1 Å². The summed E-state index contributed by atoms with van der Waals surface area (Å²) >= 11 is 0. The summed E-state index contributed by atoms with van der Waals surface area (Å²) < 4.78 is 4.96. The third kappa shape index (κ3) is 10.8. The van der Waals surface area contributed by atoms with E-state index in [-0.39, 0.29) is 25.3 Å². The fourth-order valence-electron chi connectivity index (χ4n) is 4.48. The third-order valence-corrected chi connectivity index (χ3v) is 6.24. The number of hydrogen-bond donors (Lipinski definition) is 3. The highest BCUT2D eigenvalue weighted by Crippen LogP contribution is 2.39. The largest absolute Gasteiger partial charge is 0.457 e. The standard InChI is InChI=1S/C23H44O5/c1-2-3-4-5-6-9-12-19-15-16-22(26)21(19)13-10-7-8-11-14-23(27)28-20(17-24)18-25/h19-22,24-26H,2-18H2,1H3/t19?,21-,22+/m1/s1. The van der Waals surface area contributed by atoms with Gasteiger partial charge in [-0.2, -0.15) is 0 Å². The Bertz CT molecular complexity index is 383. The van der Waals surface area contributed by atoms with Gasteiger partial charge in [-0.05, 0) is 37.5 Å².